The van der Waals surface area contributed by atoms with Crippen LogP contribution in [0.2, 0.25) is 0 Å². The maximum Gasteiger partial charge on any atom is 0.335 e. The fourth-order valence-corrected chi connectivity index (χ4v) is 2.23. The third-order valence-electron chi connectivity index (χ3n) is 3.72. The minimum absolute atomic E-state index is 0.111. The molecule has 0 heterocycles. The van der Waals surface area contributed by atoms with E-state index in [1.165, 1.54) is 0 Å². The number of rotatable bonds is 5. The number of carbonyl (C=O) groups is 2. The Bertz CT molecular complexity index is 508. The summed E-state index contributed by atoms with van der Waals surface area (Å²) in [5.74, 6) is -0.678. The van der Waals surface area contributed by atoms with Crippen molar-refractivity contribution in [2.75, 3.05) is 6.54 Å². The maximum atomic E-state index is 11.8. The summed E-state index contributed by atoms with van der Waals surface area (Å²) in [6.45, 7) is 4.73. The van der Waals surface area contributed by atoms with Gasteiger partial charge in [0, 0.05) is 12.5 Å². The smallest absolute Gasteiger partial charge is 0.335 e. The molecule has 2 rings (SSSR count). The molecule has 19 heavy (non-hydrogen) atoms. The number of carboxylic acids is 1. The molecule has 1 fully saturated rings. The number of aromatic carboxylic acids is 1. The van der Waals surface area contributed by atoms with Crippen molar-refractivity contribution in [3.05, 3.63) is 35.4 Å². The van der Waals surface area contributed by atoms with Crippen molar-refractivity contribution < 1.29 is 14.7 Å². The van der Waals surface area contributed by atoms with E-state index in [4.69, 9.17) is 5.11 Å². The van der Waals surface area contributed by atoms with Gasteiger partial charge in [-0.1, -0.05) is 26.0 Å². The van der Waals surface area contributed by atoms with Crippen molar-refractivity contribution in [1.29, 1.82) is 0 Å². The van der Waals surface area contributed by atoms with Crippen LogP contribution in [0.1, 0.15) is 36.2 Å². The first-order chi connectivity index (χ1) is 8.90. The van der Waals surface area contributed by atoms with Crippen LogP contribution in [0, 0.1) is 11.3 Å². The van der Waals surface area contributed by atoms with Gasteiger partial charge in [-0.2, -0.15) is 0 Å². The topological polar surface area (TPSA) is 66.4 Å². The number of nitrogens with one attached hydrogen (secondary N) is 1. The Morgan fingerprint density at radius 2 is 2.11 bits per heavy atom. The largest absolute Gasteiger partial charge is 0.478 e. The number of carbonyl (C=O) groups excluding carboxylic acids is 1. The summed E-state index contributed by atoms with van der Waals surface area (Å²) in [5.41, 5.74) is 1.36. The normalized spacial score (nSPS) is 19.8. The zero-order chi connectivity index (χ0) is 14.0. The second-order valence-corrected chi connectivity index (χ2v) is 5.79. The minimum atomic E-state index is -0.925. The van der Waals surface area contributed by atoms with Crippen molar-refractivity contribution >= 4 is 11.9 Å². The van der Waals surface area contributed by atoms with Crippen LogP contribution in [-0.2, 0) is 11.2 Å². The summed E-state index contributed by atoms with van der Waals surface area (Å²) in [6.07, 6.45) is 1.60. The molecule has 1 atom stereocenters. The fourth-order valence-electron chi connectivity index (χ4n) is 2.23. The summed E-state index contributed by atoms with van der Waals surface area (Å²) in [7, 11) is 0. The van der Waals surface area contributed by atoms with Gasteiger partial charge in [0.15, 0.2) is 0 Å². The molecule has 1 amide bonds. The number of hydrogen-bond acceptors (Lipinski definition) is 2. The maximum absolute atomic E-state index is 11.8. The van der Waals surface area contributed by atoms with Crippen LogP contribution in [0.3, 0.4) is 0 Å². The molecule has 0 unspecified atom stereocenters. The van der Waals surface area contributed by atoms with Crippen LogP contribution < -0.4 is 5.32 Å². The van der Waals surface area contributed by atoms with E-state index >= 15 is 0 Å². The van der Waals surface area contributed by atoms with Gasteiger partial charge >= 0.3 is 5.97 Å². The molecule has 1 aliphatic rings. The van der Waals surface area contributed by atoms with E-state index in [-0.39, 0.29) is 22.8 Å². The Morgan fingerprint density at radius 3 is 2.68 bits per heavy atom. The Labute approximate surface area is 112 Å². The van der Waals surface area contributed by atoms with Gasteiger partial charge in [0.2, 0.25) is 5.91 Å². The summed E-state index contributed by atoms with van der Waals surface area (Å²) in [4.78, 5) is 22.6. The lowest BCUT2D eigenvalue weighted by molar-refractivity contribution is -0.122. The van der Waals surface area contributed by atoms with Gasteiger partial charge in [0.1, 0.15) is 0 Å². The third-order valence-corrected chi connectivity index (χ3v) is 3.72. The first-order valence-electron chi connectivity index (χ1n) is 6.50. The number of hydrogen-bond donors (Lipinski definition) is 2. The van der Waals surface area contributed by atoms with Gasteiger partial charge in [0.25, 0.3) is 0 Å². The molecule has 102 valence electrons. The average molecular weight is 261 g/mol. The predicted octanol–water partition coefficient (Wildman–Crippen LogP) is 2.09. The van der Waals surface area contributed by atoms with E-state index < -0.39 is 5.97 Å². The lowest BCUT2D eigenvalue weighted by Gasteiger charge is -2.07. The first kappa shape index (κ1) is 13.6. The molecule has 1 aromatic carbocycles. The summed E-state index contributed by atoms with van der Waals surface area (Å²) in [5, 5.41) is 11.8. The lowest BCUT2D eigenvalue weighted by atomic mass is 10.1. The van der Waals surface area contributed by atoms with E-state index in [9.17, 15) is 9.59 Å². The van der Waals surface area contributed by atoms with Gasteiger partial charge in [-0.3, -0.25) is 4.79 Å². The van der Waals surface area contributed by atoms with Crippen LogP contribution in [0.5, 0.6) is 0 Å². The molecular formula is C15H19NO3. The molecule has 4 heteroatoms. The van der Waals surface area contributed by atoms with E-state index in [1.807, 2.05) is 6.07 Å². The Hall–Kier alpha value is -1.84. The molecule has 4 nitrogen and oxygen atoms in total. The summed E-state index contributed by atoms with van der Waals surface area (Å²) in [6, 6.07) is 6.82. The van der Waals surface area contributed by atoms with Crippen molar-refractivity contribution in [3.63, 3.8) is 0 Å². The molecule has 1 aromatic rings. The van der Waals surface area contributed by atoms with Crippen LogP contribution >= 0.6 is 0 Å². The zero-order valence-electron chi connectivity index (χ0n) is 11.3. The fraction of sp³-hybridized carbons (Fsp3) is 0.467. The summed E-state index contributed by atoms with van der Waals surface area (Å²) >= 11 is 0. The van der Waals surface area contributed by atoms with E-state index in [1.54, 1.807) is 18.2 Å². The second kappa shape index (κ2) is 5.03. The van der Waals surface area contributed by atoms with Crippen LogP contribution in [-0.4, -0.2) is 23.5 Å². The number of benzene rings is 1. The van der Waals surface area contributed by atoms with Gasteiger partial charge in [-0.05, 0) is 36.0 Å². The van der Waals surface area contributed by atoms with E-state index in [0.29, 0.717) is 13.0 Å². The predicted molar refractivity (Wildman–Crippen MR) is 72.0 cm³/mol. The second-order valence-electron chi connectivity index (χ2n) is 5.79. The van der Waals surface area contributed by atoms with Gasteiger partial charge in [-0.15, -0.1) is 0 Å². The van der Waals surface area contributed by atoms with Crippen molar-refractivity contribution in [3.8, 4) is 0 Å². The van der Waals surface area contributed by atoms with Crippen LogP contribution in [0.25, 0.3) is 0 Å². The van der Waals surface area contributed by atoms with Gasteiger partial charge in [0.05, 0.1) is 5.56 Å². The standard InChI is InChI=1S/C15H19NO3/c1-15(2)9-12(15)13(17)16-7-6-10-4-3-5-11(8-10)14(18)19/h3-5,8,12H,6-7,9H2,1-2H3,(H,16,17)(H,18,19)/t12-/m1/s1. The first-order valence-corrected chi connectivity index (χ1v) is 6.50. The molecule has 2 N–H and O–H groups in total. The monoisotopic (exact) mass is 261 g/mol. The molecule has 0 aromatic heterocycles. The molecule has 1 aliphatic carbocycles. The Balaban J connectivity index is 1.81. The zero-order valence-corrected chi connectivity index (χ0v) is 11.3. The Morgan fingerprint density at radius 1 is 1.42 bits per heavy atom. The average Bonchev–Trinajstić information content (AvgIpc) is 2.99. The van der Waals surface area contributed by atoms with Crippen molar-refractivity contribution in [1.82, 2.24) is 5.32 Å². The summed E-state index contributed by atoms with van der Waals surface area (Å²) < 4.78 is 0. The van der Waals surface area contributed by atoms with Gasteiger partial charge in [-0.25, -0.2) is 4.79 Å². The molecule has 0 radical (unpaired) electrons. The third kappa shape index (κ3) is 3.34. The van der Waals surface area contributed by atoms with Crippen molar-refractivity contribution in [2.24, 2.45) is 11.3 Å². The van der Waals surface area contributed by atoms with Crippen LogP contribution in [0.4, 0.5) is 0 Å². The van der Waals surface area contributed by atoms with Gasteiger partial charge < -0.3 is 10.4 Å². The molecule has 0 spiro atoms. The van der Waals surface area contributed by atoms with E-state index in [2.05, 4.69) is 19.2 Å². The highest BCUT2D eigenvalue weighted by Gasteiger charge is 2.50. The van der Waals surface area contributed by atoms with Crippen molar-refractivity contribution in [2.45, 2.75) is 26.7 Å². The van der Waals surface area contributed by atoms with E-state index in [0.717, 1.165) is 12.0 Å². The highest BCUT2D eigenvalue weighted by molar-refractivity contribution is 5.87. The highest BCUT2D eigenvalue weighted by Crippen LogP contribution is 2.51. The molecule has 0 bridgehead atoms. The lowest BCUT2D eigenvalue weighted by Crippen LogP contribution is -2.28. The quantitative estimate of drug-likeness (QED) is 0.853. The highest BCUT2D eigenvalue weighted by atomic mass is 16.4. The number of amides is 1. The minimum Gasteiger partial charge on any atom is -0.478 e. The number of carboxylic acid groups (broad SMARTS) is 1. The molecule has 1 saturated carbocycles. The molecule has 0 aliphatic heterocycles. The Kier molecular flexibility index (Phi) is 3.60. The van der Waals surface area contributed by atoms with Crippen LogP contribution in [0.15, 0.2) is 24.3 Å². The SMILES string of the molecule is CC1(C)C[C@@H]1C(=O)NCCc1cccc(C(=O)O)c1. The molecular weight excluding hydrogens is 242 g/mol. The molecule has 0 saturated heterocycles.